The molecule has 1 atom stereocenters. The highest BCUT2D eigenvalue weighted by Crippen LogP contribution is 2.21. The van der Waals surface area contributed by atoms with Gasteiger partial charge in [0.05, 0.1) is 6.04 Å². The summed E-state index contributed by atoms with van der Waals surface area (Å²) in [6.07, 6.45) is 3.56. The van der Waals surface area contributed by atoms with Crippen LogP contribution in [0, 0.1) is 0 Å². The topological polar surface area (TPSA) is 54.0 Å². The van der Waals surface area contributed by atoms with Crippen molar-refractivity contribution in [2.45, 2.75) is 32.9 Å². The maximum atomic E-state index is 11.7. The summed E-state index contributed by atoms with van der Waals surface area (Å²) in [6.45, 7) is 5.85. The Bertz CT molecular complexity index is 579. The summed E-state index contributed by atoms with van der Waals surface area (Å²) < 4.78 is 0. The molecule has 110 valence electrons. The van der Waals surface area contributed by atoms with Gasteiger partial charge in [-0.25, -0.2) is 4.79 Å². The van der Waals surface area contributed by atoms with Crippen LogP contribution >= 0.6 is 0 Å². The molecule has 0 aliphatic rings. The summed E-state index contributed by atoms with van der Waals surface area (Å²) in [5.41, 5.74) is 3.35. The Balaban J connectivity index is 2.03. The van der Waals surface area contributed by atoms with E-state index in [1.54, 1.807) is 12.4 Å². The molecule has 0 fully saturated rings. The van der Waals surface area contributed by atoms with Crippen molar-refractivity contribution < 1.29 is 4.79 Å². The quantitative estimate of drug-likeness (QED) is 0.902. The number of urea groups is 1. The molecule has 0 aliphatic heterocycles. The fourth-order valence-corrected chi connectivity index (χ4v) is 2.09. The Morgan fingerprint density at radius 2 is 1.48 bits per heavy atom. The maximum absolute atomic E-state index is 11.7. The van der Waals surface area contributed by atoms with Crippen molar-refractivity contribution in [3.63, 3.8) is 0 Å². The molecular formula is C17H21N3O. The molecule has 2 amide bonds. The lowest BCUT2D eigenvalue weighted by Crippen LogP contribution is -2.40. The van der Waals surface area contributed by atoms with Crippen molar-refractivity contribution in [2.24, 2.45) is 0 Å². The van der Waals surface area contributed by atoms with Crippen molar-refractivity contribution in [3.8, 4) is 11.1 Å². The van der Waals surface area contributed by atoms with E-state index >= 15 is 0 Å². The zero-order valence-electron chi connectivity index (χ0n) is 12.6. The van der Waals surface area contributed by atoms with E-state index in [4.69, 9.17) is 0 Å². The number of aromatic nitrogens is 1. The molecule has 0 aliphatic carbocycles. The van der Waals surface area contributed by atoms with E-state index in [0.29, 0.717) is 0 Å². The Hall–Kier alpha value is -2.36. The van der Waals surface area contributed by atoms with Gasteiger partial charge in [-0.1, -0.05) is 24.3 Å². The van der Waals surface area contributed by atoms with Crippen molar-refractivity contribution in [3.05, 3.63) is 54.4 Å². The molecule has 2 rings (SSSR count). The number of amides is 2. The monoisotopic (exact) mass is 283 g/mol. The number of carbonyl (C=O) groups is 1. The summed E-state index contributed by atoms with van der Waals surface area (Å²) in [4.78, 5) is 15.7. The number of hydrogen-bond donors (Lipinski definition) is 2. The van der Waals surface area contributed by atoms with Gasteiger partial charge in [0.15, 0.2) is 0 Å². The standard InChI is InChI=1S/C17H21N3O/c1-12(2)19-17(21)20-13(3)14-4-6-15(7-5-14)16-8-10-18-11-9-16/h4-13H,1-3H3,(H2,19,20,21). The predicted octanol–water partition coefficient (Wildman–Crippen LogP) is 3.52. The van der Waals surface area contributed by atoms with Crippen molar-refractivity contribution in [2.75, 3.05) is 0 Å². The highest BCUT2D eigenvalue weighted by Gasteiger charge is 2.10. The number of hydrogen-bond acceptors (Lipinski definition) is 2. The zero-order chi connectivity index (χ0) is 15.2. The van der Waals surface area contributed by atoms with Crippen LogP contribution in [0.4, 0.5) is 4.79 Å². The van der Waals surface area contributed by atoms with Crippen LogP contribution in [0.2, 0.25) is 0 Å². The molecule has 2 N–H and O–H groups in total. The molecule has 1 aromatic carbocycles. The highest BCUT2D eigenvalue weighted by atomic mass is 16.2. The smallest absolute Gasteiger partial charge is 0.315 e. The molecule has 1 unspecified atom stereocenters. The predicted molar refractivity (Wildman–Crippen MR) is 84.9 cm³/mol. The molecule has 0 saturated carbocycles. The number of carbonyl (C=O) groups excluding carboxylic acids is 1. The minimum atomic E-state index is -0.143. The van der Waals surface area contributed by atoms with Gasteiger partial charge in [-0.3, -0.25) is 4.98 Å². The second-order valence-corrected chi connectivity index (χ2v) is 5.35. The number of benzene rings is 1. The van der Waals surface area contributed by atoms with Crippen LogP contribution in [0.5, 0.6) is 0 Å². The summed E-state index contributed by atoms with van der Waals surface area (Å²) in [5, 5.41) is 5.75. The first-order chi connectivity index (χ1) is 10.1. The summed E-state index contributed by atoms with van der Waals surface area (Å²) in [6, 6.07) is 12.1. The molecule has 0 spiro atoms. The van der Waals surface area contributed by atoms with Gasteiger partial charge in [0.2, 0.25) is 0 Å². The highest BCUT2D eigenvalue weighted by molar-refractivity contribution is 5.74. The Morgan fingerprint density at radius 3 is 2.05 bits per heavy atom. The van der Waals surface area contributed by atoms with E-state index in [2.05, 4.69) is 27.8 Å². The fourth-order valence-electron chi connectivity index (χ4n) is 2.09. The molecular weight excluding hydrogens is 262 g/mol. The van der Waals surface area contributed by atoms with Gasteiger partial charge in [-0.15, -0.1) is 0 Å². The van der Waals surface area contributed by atoms with Gasteiger partial charge >= 0.3 is 6.03 Å². The van der Waals surface area contributed by atoms with Crippen LogP contribution < -0.4 is 10.6 Å². The van der Waals surface area contributed by atoms with Gasteiger partial charge in [-0.05, 0) is 49.6 Å². The van der Waals surface area contributed by atoms with E-state index in [-0.39, 0.29) is 18.1 Å². The van der Waals surface area contributed by atoms with Crippen LogP contribution in [0.1, 0.15) is 32.4 Å². The third kappa shape index (κ3) is 4.31. The zero-order valence-corrected chi connectivity index (χ0v) is 12.6. The average molecular weight is 283 g/mol. The Kier molecular flexibility index (Phi) is 4.93. The molecule has 0 radical (unpaired) electrons. The molecule has 4 nitrogen and oxygen atoms in total. The van der Waals surface area contributed by atoms with Crippen LogP contribution in [-0.4, -0.2) is 17.1 Å². The van der Waals surface area contributed by atoms with Gasteiger partial charge < -0.3 is 10.6 Å². The summed E-state index contributed by atoms with van der Waals surface area (Å²) >= 11 is 0. The second-order valence-electron chi connectivity index (χ2n) is 5.35. The molecule has 2 aromatic rings. The van der Waals surface area contributed by atoms with Crippen molar-refractivity contribution >= 4 is 6.03 Å². The first-order valence-electron chi connectivity index (χ1n) is 7.13. The first kappa shape index (κ1) is 15.0. The first-order valence-corrected chi connectivity index (χ1v) is 7.13. The van der Waals surface area contributed by atoms with Crippen LogP contribution in [0.15, 0.2) is 48.8 Å². The fraction of sp³-hybridized carbons (Fsp3) is 0.294. The average Bonchev–Trinajstić information content (AvgIpc) is 2.47. The molecule has 0 bridgehead atoms. The summed E-state index contributed by atoms with van der Waals surface area (Å²) in [7, 11) is 0. The maximum Gasteiger partial charge on any atom is 0.315 e. The van der Waals surface area contributed by atoms with Crippen LogP contribution in [0.25, 0.3) is 11.1 Å². The number of nitrogens with zero attached hydrogens (tertiary/aromatic N) is 1. The Morgan fingerprint density at radius 1 is 0.905 bits per heavy atom. The van der Waals surface area contributed by atoms with E-state index in [9.17, 15) is 4.79 Å². The third-order valence-corrected chi connectivity index (χ3v) is 3.19. The van der Waals surface area contributed by atoms with E-state index in [0.717, 1.165) is 16.7 Å². The van der Waals surface area contributed by atoms with Gasteiger partial charge in [-0.2, -0.15) is 0 Å². The van der Waals surface area contributed by atoms with Gasteiger partial charge in [0.25, 0.3) is 0 Å². The van der Waals surface area contributed by atoms with Crippen LogP contribution in [0.3, 0.4) is 0 Å². The number of rotatable bonds is 4. The number of nitrogens with one attached hydrogen (secondary N) is 2. The molecule has 1 aromatic heterocycles. The Labute approximate surface area is 125 Å². The minimum Gasteiger partial charge on any atom is -0.336 e. The largest absolute Gasteiger partial charge is 0.336 e. The SMILES string of the molecule is CC(C)NC(=O)NC(C)c1ccc(-c2ccncc2)cc1. The van der Waals surface area contributed by atoms with Crippen molar-refractivity contribution in [1.82, 2.24) is 15.6 Å². The van der Waals surface area contributed by atoms with Gasteiger partial charge in [0, 0.05) is 18.4 Å². The second kappa shape index (κ2) is 6.88. The van der Waals surface area contributed by atoms with Gasteiger partial charge in [0.1, 0.15) is 0 Å². The lowest BCUT2D eigenvalue weighted by Gasteiger charge is -2.17. The lowest BCUT2D eigenvalue weighted by atomic mass is 10.0. The molecule has 0 saturated heterocycles. The van der Waals surface area contributed by atoms with E-state index < -0.39 is 0 Å². The molecule has 21 heavy (non-hydrogen) atoms. The van der Waals surface area contributed by atoms with E-state index in [1.807, 2.05) is 45.0 Å². The molecule has 4 heteroatoms. The summed E-state index contributed by atoms with van der Waals surface area (Å²) in [5.74, 6) is 0. The van der Waals surface area contributed by atoms with Crippen LogP contribution in [-0.2, 0) is 0 Å². The lowest BCUT2D eigenvalue weighted by molar-refractivity contribution is 0.235. The molecule has 1 heterocycles. The normalized spacial score (nSPS) is 12.0. The third-order valence-electron chi connectivity index (χ3n) is 3.19. The number of pyridine rings is 1. The van der Waals surface area contributed by atoms with Crippen molar-refractivity contribution in [1.29, 1.82) is 0 Å². The van der Waals surface area contributed by atoms with E-state index in [1.165, 1.54) is 0 Å². The minimum absolute atomic E-state index is 0.0322.